The molecule has 23 heavy (non-hydrogen) atoms. The van der Waals surface area contributed by atoms with Crippen LogP contribution in [0.15, 0.2) is 6.07 Å². The van der Waals surface area contributed by atoms with Crippen molar-refractivity contribution in [2.45, 2.75) is 45.3 Å². The number of rotatable bonds is 4. The fourth-order valence-corrected chi connectivity index (χ4v) is 3.36. The predicted molar refractivity (Wildman–Crippen MR) is 87.7 cm³/mol. The van der Waals surface area contributed by atoms with E-state index in [-0.39, 0.29) is 29.4 Å². The summed E-state index contributed by atoms with van der Waals surface area (Å²) in [5, 5.41) is 9.13. The Bertz CT molecular complexity index is 595. The van der Waals surface area contributed by atoms with Gasteiger partial charge in [0.2, 0.25) is 0 Å². The molecule has 8 heteroatoms. The molecule has 1 unspecified atom stereocenters. The van der Waals surface area contributed by atoms with Gasteiger partial charge in [0.1, 0.15) is 18.0 Å². The van der Waals surface area contributed by atoms with Gasteiger partial charge in [-0.1, -0.05) is 11.6 Å². The van der Waals surface area contributed by atoms with Gasteiger partial charge < -0.3 is 19.5 Å². The van der Waals surface area contributed by atoms with Crippen molar-refractivity contribution >= 4 is 35.0 Å². The maximum absolute atomic E-state index is 12.2. The average molecular weight is 362 g/mol. The minimum absolute atomic E-state index is 0.0665. The number of hydrogen-bond donors (Lipinski definition) is 1. The zero-order valence-corrected chi connectivity index (χ0v) is 14.9. The molecule has 0 aliphatic carbocycles. The second-order valence-electron chi connectivity index (χ2n) is 6.33. The molecule has 1 aromatic rings. The van der Waals surface area contributed by atoms with Crippen LogP contribution in [-0.2, 0) is 4.74 Å². The summed E-state index contributed by atoms with van der Waals surface area (Å²) in [5.74, 6) is -0.837. The molecule has 1 aliphatic rings. The molecule has 0 radical (unpaired) electrons. The molecule has 1 saturated heterocycles. The highest BCUT2D eigenvalue weighted by Crippen LogP contribution is 2.33. The van der Waals surface area contributed by atoms with Crippen molar-refractivity contribution < 1.29 is 24.2 Å². The summed E-state index contributed by atoms with van der Waals surface area (Å²) in [6.07, 6.45) is 1.29. The average Bonchev–Trinajstić information content (AvgIpc) is 3.00. The maximum atomic E-state index is 12.2. The van der Waals surface area contributed by atoms with Gasteiger partial charge in [-0.2, -0.15) is 0 Å². The van der Waals surface area contributed by atoms with Gasteiger partial charge in [0.15, 0.2) is 4.88 Å². The summed E-state index contributed by atoms with van der Waals surface area (Å²) in [6.45, 7) is 6.28. The molecule has 0 aromatic carbocycles. The number of carbonyl (C=O) groups is 2. The molecule has 1 atom stereocenters. The van der Waals surface area contributed by atoms with Crippen LogP contribution in [0.3, 0.4) is 0 Å². The topological polar surface area (TPSA) is 76.1 Å². The van der Waals surface area contributed by atoms with Crippen LogP contribution in [0.4, 0.5) is 4.79 Å². The van der Waals surface area contributed by atoms with Crippen molar-refractivity contribution in [1.29, 1.82) is 0 Å². The van der Waals surface area contributed by atoms with Crippen LogP contribution in [0.2, 0.25) is 4.34 Å². The Morgan fingerprint density at radius 1 is 1.48 bits per heavy atom. The molecule has 0 spiro atoms. The number of aromatic carboxylic acids is 1. The third kappa shape index (κ3) is 4.75. The van der Waals surface area contributed by atoms with Gasteiger partial charge in [0.05, 0.1) is 10.4 Å². The van der Waals surface area contributed by atoms with Crippen molar-refractivity contribution in [1.82, 2.24) is 4.90 Å². The van der Waals surface area contributed by atoms with Crippen LogP contribution in [0.25, 0.3) is 0 Å². The van der Waals surface area contributed by atoms with E-state index in [9.17, 15) is 9.59 Å². The first-order chi connectivity index (χ1) is 10.7. The molecule has 1 aliphatic heterocycles. The number of thiophene rings is 1. The number of likely N-dealkylation sites (tertiary alicyclic amines) is 1. The second-order valence-corrected chi connectivity index (χ2v) is 8.01. The third-order valence-corrected chi connectivity index (χ3v) is 4.53. The number of carboxylic acids is 1. The summed E-state index contributed by atoms with van der Waals surface area (Å²) in [7, 11) is 0. The van der Waals surface area contributed by atoms with Gasteiger partial charge in [0, 0.05) is 12.6 Å². The zero-order valence-electron chi connectivity index (χ0n) is 13.3. The van der Waals surface area contributed by atoms with Crippen molar-refractivity contribution in [3.05, 3.63) is 15.3 Å². The van der Waals surface area contributed by atoms with E-state index >= 15 is 0 Å². The van der Waals surface area contributed by atoms with Crippen molar-refractivity contribution in [3.63, 3.8) is 0 Å². The van der Waals surface area contributed by atoms with Crippen molar-refractivity contribution in [2.24, 2.45) is 0 Å². The summed E-state index contributed by atoms with van der Waals surface area (Å²) in [6, 6.07) is 1.35. The largest absolute Gasteiger partial charge is 0.490 e. The zero-order chi connectivity index (χ0) is 17.2. The lowest BCUT2D eigenvalue weighted by Crippen LogP contribution is -2.42. The smallest absolute Gasteiger partial charge is 0.410 e. The summed E-state index contributed by atoms with van der Waals surface area (Å²) in [5.41, 5.74) is -0.553. The van der Waals surface area contributed by atoms with E-state index in [4.69, 9.17) is 26.2 Å². The first-order valence-electron chi connectivity index (χ1n) is 7.32. The molecule has 1 aromatic heterocycles. The first-order valence-corrected chi connectivity index (χ1v) is 8.52. The van der Waals surface area contributed by atoms with Crippen molar-refractivity contribution in [3.8, 4) is 5.75 Å². The Balaban J connectivity index is 2.00. The van der Waals surface area contributed by atoms with Crippen LogP contribution in [0, 0.1) is 0 Å². The van der Waals surface area contributed by atoms with E-state index in [2.05, 4.69) is 0 Å². The lowest BCUT2D eigenvalue weighted by atomic mass is 10.2. The van der Waals surface area contributed by atoms with E-state index < -0.39 is 11.6 Å². The van der Waals surface area contributed by atoms with E-state index in [1.54, 1.807) is 4.90 Å². The Hall–Kier alpha value is -1.47. The van der Waals surface area contributed by atoms with Gasteiger partial charge in [0.25, 0.3) is 0 Å². The van der Waals surface area contributed by atoms with Gasteiger partial charge in [-0.3, -0.25) is 0 Å². The van der Waals surface area contributed by atoms with Crippen LogP contribution in [0.1, 0.15) is 43.3 Å². The summed E-state index contributed by atoms with van der Waals surface area (Å²) in [4.78, 5) is 25.0. The van der Waals surface area contributed by atoms with Crippen LogP contribution in [0.5, 0.6) is 5.75 Å². The van der Waals surface area contributed by atoms with Crippen LogP contribution in [-0.4, -0.2) is 46.9 Å². The van der Waals surface area contributed by atoms with E-state index in [1.807, 2.05) is 20.8 Å². The number of halogens is 1. The fraction of sp³-hybridized carbons (Fsp3) is 0.600. The molecule has 0 bridgehead atoms. The van der Waals surface area contributed by atoms with Crippen LogP contribution >= 0.6 is 22.9 Å². The van der Waals surface area contributed by atoms with Gasteiger partial charge >= 0.3 is 12.1 Å². The molecule has 128 valence electrons. The highest BCUT2D eigenvalue weighted by molar-refractivity contribution is 7.18. The molecular weight excluding hydrogens is 342 g/mol. The quantitative estimate of drug-likeness (QED) is 0.880. The number of nitrogens with zero attached hydrogens (tertiary/aromatic N) is 1. The highest BCUT2D eigenvalue weighted by Gasteiger charge is 2.33. The number of hydrogen-bond acceptors (Lipinski definition) is 5. The number of amides is 1. The standard InChI is InChI=1S/C15H20ClNO5S/c1-15(2,3)22-14(20)17-6-4-5-9(17)8-21-10-7-11(16)23-12(10)13(18)19/h7,9H,4-6,8H2,1-3H3,(H,18,19). The lowest BCUT2D eigenvalue weighted by molar-refractivity contribution is 0.0186. The molecular formula is C15H20ClNO5S. The number of carbonyl (C=O) groups excluding carboxylic acids is 1. The van der Waals surface area contributed by atoms with Crippen molar-refractivity contribution in [2.75, 3.05) is 13.2 Å². The maximum Gasteiger partial charge on any atom is 0.410 e. The Morgan fingerprint density at radius 2 is 2.17 bits per heavy atom. The minimum atomic E-state index is -1.08. The van der Waals surface area contributed by atoms with E-state index in [0.717, 1.165) is 24.2 Å². The molecule has 1 fully saturated rings. The predicted octanol–water partition coefficient (Wildman–Crippen LogP) is 3.88. The van der Waals surface area contributed by atoms with Crippen LogP contribution < -0.4 is 4.74 Å². The number of ether oxygens (including phenoxy) is 2. The Labute approximate surface area is 143 Å². The second kappa shape index (κ2) is 6.97. The fourth-order valence-electron chi connectivity index (χ4n) is 2.36. The summed E-state index contributed by atoms with van der Waals surface area (Å²) >= 11 is 6.80. The summed E-state index contributed by atoms with van der Waals surface area (Å²) < 4.78 is 11.4. The first kappa shape index (κ1) is 17.9. The minimum Gasteiger partial charge on any atom is -0.490 e. The lowest BCUT2D eigenvalue weighted by Gasteiger charge is -2.28. The Kier molecular flexibility index (Phi) is 5.41. The van der Waals surface area contributed by atoms with Gasteiger partial charge in [-0.25, -0.2) is 9.59 Å². The molecule has 0 saturated carbocycles. The molecule has 1 amide bonds. The normalized spacial score (nSPS) is 18.1. The van der Waals surface area contributed by atoms with E-state index in [1.165, 1.54) is 6.07 Å². The molecule has 1 N–H and O–H groups in total. The SMILES string of the molecule is CC(C)(C)OC(=O)N1CCCC1COc1cc(Cl)sc1C(=O)O. The third-order valence-electron chi connectivity index (χ3n) is 3.30. The van der Waals surface area contributed by atoms with Gasteiger partial charge in [-0.05, 0) is 33.6 Å². The molecule has 2 heterocycles. The van der Waals surface area contributed by atoms with E-state index in [0.29, 0.717) is 10.9 Å². The molecule has 6 nitrogen and oxygen atoms in total. The van der Waals surface area contributed by atoms with Gasteiger partial charge in [-0.15, -0.1) is 11.3 Å². The highest BCUT2D eigenvalue weighted by atomic mass is 35.5. The number of carboxylic acid groups (broad SMARTS) is 1. The molecule has 2 rings (SSSR count). The Morgan fingerprint density at radius 3 is 2.78 bits per heavy atom. The monoisotopic (exact) mass is 361 g/mol.